The van der Waals surface area contributed by atoms with Gasteiger partial charge in [-0.25, -0.2) is 0 Å². The first-order chi connectivity index (χ1) is 8.22. The molecule has 108 valence electrons. The second kappa shape index (κ2) is 8.02. The average Bonchev–Trinajstić information content (AvgIpc) is 2.34. The van der Waals surface area contributed by atoms with Crippen molar-refractivity contribution in [3.05, 3.63) is 11.6 Å². The minimum Gasteiger partial charge on any atom is -0.0822 e. The minimum absolute atomic E-state index is 0.691. The third-order valence-electron chi connectivity index (χ3n) is 5.46. The van der Waals surface area contributed by atoms with Crippen LogP contribution < -0.4 is 0 Å². The Balaban J connectivity index is 4.67. The molecule has 0 saturated carbocycles. The molecule has 0 rings (SSSR count). The lowest BCUT2D eigenvalue weighted by atomic mass is 9.78. The third-order valence-corrected chi connectivity index (χ3v) is 5.46. The van der Waals surface area contributed by atoms with E-state index in [9.17, 15) is 0 Å². The summed E-state index contributed by atoms with van der Waals surface area (Å²) in [6.45, 7) is 21.2. The quantitative estimate of drug-likeness (QED) is 0.475. The highest BCUT2D eigenvalue weighted by Crippen LogP contribution is 2.30. The Labute approximate surface area is 116 Å². The number of hydrogen-bond donors (Lipinski definition) is 0. The second-order valence-corrected chi connectivity index (χ2v) is 6.91. The minimum atomic E-state index is 0.691. The van der Waals surface area contributed by atoms with E-state index >= 15 is 0 Å². The largest absolute Gasteiger partial charge is 0.0822 e. The molecule has 0 saturated heterocycles. The summed E-state index contributed by atoms with van der Waals surface area (Å²) in [7, 11) is 0. The van der Waals surface area contributed by atoms with Crippen LogP contribution in [0, 0.1) is 35.5 Å². The molecule has 0 amide bonds. The van der Waals surface area contributed by atoms with Crippen molar-refractivity contribution in [3.63, 3.8) is 0 Å². The SMILES string of the molecule is CCC(C)C(C)C(C)C(C)=CC(C)C(C)C(C)C. The molecular weight excluding hydrogens is 216 g/mol. The van der Waals surface area contributed by atoms with Crippen molar-refractivity contribution in [1.82, 2.24) is 0 Å². The fraction of sp³-hybridized carbons (Fsp3) is 0.889. The molecule has 5 unspecified atom stereocenters. The van der Waals surface area contributed by atoms with Crippen LogP contribution in [0.3, 0.4) is 0 Å². The highest BCUT2D eigenvalue weighted by Gasteiger charge is 2.20. The Morgan fingerprint density at radius 3 is 1.78 bits per heavy atom. The van der Waals surface area contributed by atoms with E-state index in [-0.39, 0.29) is 0 Å². The molecule has 0 aromatic heterocycles. The van der Waals surface area contributed by atoms with Crippen LogP contribution in [0.2, 0.25) is 0 Å². The molecular formula is C18H36. The van der Waals surface area contributed by atoms with Gasteiger partial charge in [0.25, 0.3) is 0 Å². The molecule has 18 heavy (non-hydrogen) atoms. The summed E-state index contributed by atoms with van der Waals surface area (Å²) in [5, 5.41) is 0. The van der Waals surface area contributed by atoms with Crippen molar-refractivity contribution in [1.29, 1.82) is 0 Å². The van der Waals surface area contributed by atoms with Crippen molar-refractivity contribution in [2.24, 2.45) is 35.5 Å². The average molecular weight is 252 g/mol. The van der Waals surface area contributed by atoms with E-state index in [4.69, 9.17) is 0 Å². The van der Waals surface area contributed by atoms with Gasteiger partial charge < -0.3 is 0 Å². The van der Waals surface area contributed by atoms with E-state index in [0.29, 0.717) is 11.8 Å². The van der Waals surface area contributed by atoms with Gasteiger partial charge in [0.15, 0.2) is 0 Å². The van der Waals surface area contributed by atoms with Crippen molar-refractivity contribution < 1.29 is 0 Å². The van der Waals surface area contributed by atoms with Gasteiger partial charge >= 0.3 is 0 Å². The number of rotatable bonds is 7. The van der Waals surface area contributed by atoms with Crippen molar-refractivity contribution in [2.75, 3.05) is 0 Å². The predicted octanol–water partition coefficient (Wildman–Crippen LogP) is 6.18. The molecule has 0 aliphatic carbocycles. The van der Waals surface area contributed by atoms with Gasteiger partial charge in [-0.05, 0) is 42.4 Å². The number of allylic oxidation sites excluding steroid dienone is 2. The summed E-state index contributed by atoms with van der Waals surface area (Å²) in [5.41, 5.74) is 1.59. The Bertz CT molecular complexity index is 249. The van der Waals surface area contributed by atoms with Gasteiger partial charge in [-0.3, -0.25) is 0 Å². The number of hydrogen-bond acceptors (Lipinski definition) is 0. The van der Waals surface area contributed by atoms with E-state index in [1.165, 1.54) is 6.42 Å². The van der Waals surface area contributed by atoms with E-state index in [0.717, 1.165) is 23.7 Å². The molecule has 0 heterocycles. The molecule has 0 heteroatoms. The van der Waals surface area contributed by atoms with Crippen LogP contribution in [0.15, 0.2) is 11.6 Å². The molecule has 0 aliphatic heterocycles. The lowest BCUT2D eigenvalue weighted by Gasteiger charge is -2.28. The maximum atomic E-state index is 2.52. The van der Waals surface area contributed by atoms with Crippen LogP contribution in [0.25, 0.3) is 0 Å². The van der Waals surface area contributed by atoms with Crippen molar-refractivity contribution >= 4 is 0 Å². The molecule has 0 aromatic rings. The van der Waals surface area contributed by atoms with Gasteiger partial charge in [0, 0.05) is 0 Å². The summed E-state index contributed by atoms with van der Waals surface area (Å²) in [6, 6.07) is 0. The highest BCUT2D eigenvalue weighted by atomic mass is 14.3. The fourth-order valence-corrected chi connectivity index (χ4v) is 2.60. The lowest BCUT2D eigenvalue weighted by molar-refractivity contribution is 0.296. The van der Waals surface area contributed by atoms with Gasteiger partial charge in [0.05, 0.1) is 0 Å². The maximum Gasteiger partial charge on any atom is -0.0206 e. The Kier molecular flexibility index (Phi) is 7.90. The Morgan fingerprint density at radius 1 is 0.889 bits per heavy atom. The molecule has 0 N–H and O–H groups in total. The first kappa shape index (κ1) is 17.7. The van der Waals surface area contributed by atoms with Gasteiger partial charge in [0.1, 0.15) is 0 Å². The van der Waals surface area contributed by atoms with Crippen molar-refractivity contribution in [3.8, 4) is 0 Å². The van der Waals surface area contributed by atoms with E-state index in [2.05, 4.69) is 68.4 Å². The molecule has 0 spiro atoms. The first-order valence-electron chi connectivity index (χ1n) is 7.90. The van der Waals surface area contributed by atoms with E-state index in [1.54, 1.807) is 5.57 Å². The molecule has 0 bridgehead atoms. The van der Waals surface area contributed by atoms with Crippen LogP contribution in [-0.4, -0.2) is 0 Å². The predicted molar refractivity (Wildman–Crippen MR) is 84.7 cm³/mol. The first-order valence-corrected chi connectivity index (χ1v) is 7.90. The zero-order valence-corrected chi connectivity index (χ0v) is 14.2. The van der Waals surface area contributed by atoms with E-state index in [1.807, 2.05) is 0 Å². The molecule has 0 aromatic carbocycles. The monoisotopic (exact) mass is 252 g/mol. The maximum absolute atomic E-state index is 2.52. The standard InChI is InChI=1S/C18H36/c1-10-13(4)17(8)18(9)15(6)11-14(5)16(7)12(2)3/h11-14,16-18H,10H2,1-9H3. The summed E-state index contributed by atoms with van der Waals surface area (Å²) in [5.74, 6) is 4.55. The second-order valence-electron chi connectivity index (χ2n) is 6.91. The zero-order valence-electron chi connectivity index (χ0n) is 14.2. The van der Waals surface area contributed by atoms with Crippen molar-refractivity contribution in [2.45, 2.75) is 68.7 Å². The van der Waals surface area contributed by atoms with E-state index < -0.39 is 0 Å². The van der Waals surface area contributed by atoms with Crippen LogP contribution in [0.1, 0.15) is 68.7 Å². The summed E-state index contributed by atoms with van der Waals surface area (Å²) in [4.78, 5) is 0. The molecule has 0 aliphatic rings. The lowest BCUT2D eigenvalue weighted by Crippen LogP contribution is -2.19. The van der Waals surface area contributed by atoms with Gasteiger partial charge in [-0.15, -0.1) is 0 Å². The molecule has 0 nitrogen and oxygen atoms in total. The van der Waals surface area contributed by atoms with Crippen LogP contribution in [0.5, 0.6) is 0 Å². The molecule has 0 fully saturated rings. The topological polar surface area (TPSA) is 0 Å². The van der Waals surface area contributed by atoms with Crippen LogP contribution in [-0.2, 0) is 0 Å². The Hall–Kier alpha value is -0.260. The summed E-state index contributed by atoms with van der Waals surface area (Å²) < 4.78 is 0. The van der Waals surface area contributed by atoms with Crippen LogP contribution in [0.4, 0.5) is 0 Å². The Morgan fingerprint density at radius 2 is 1.39 bits per heavy atom. The van der Waals surface area contributed by atoms with Gasteiger partial charge in [-0.1, -0.05) is 73.5 Å². The highest BCUT2D eigenvalue weighted by molar-refractivity contribution is 5.06. The third kappa shape index (κ3) is 5.16. The molecule has 5 atom stereocenters. The summed E-state index contributed by atoms with van der Waals surface area (Å²) in [6.07, 6.45) is 3.81. The van der Waals surface area contributed by atoms with Crippen LogP contribution >= 0.6 is 0 Å². The van der Waals surface area contributed by atoms with Gasteiger partial charge in [-0.2, -0.15) is 0 Å². The molecule has 0 radical (unpaired) electrons. The zero-order chi connectivity index (χ0) is 14.5. The summed E-state index contributed by atoms with van der Waals surface area (Å²) >= 11 is 0. The smallest absolute Gasteiger partial charge is 0.0206 e. The van der Waals surface area contributed by atoms with Gasteiger partial charge in [0.2, 0.25) is 0 Å². The normalized spacial score (nSPS) is 21.6. The fourth-order valence-electron chi connectivity index (χ4n) is 2.60.